The van der Waals surface area contributed by atoms with Crippen LogP contribution >= 0.6 is 0 Å². The number of azo groups is 2. The number of anilines is 1. The quantitative estimate of drug-likeness (QED) is 0.265. The molecular formula is C26H23N9O2. The first-order chi connectivity index (χ1) is 18.0. The Morgan fingerprint density at radius 2 is 1.46 bits per heavy atom. The van der Waals surface area contributed by atoms with Gasteiger partial charge in [-0.05, 0) is 55.5 Å². The van der Waals surface area contributed by atoms with Crippen molar-refractivity contribution in [3.8, 4) is 17.1 Å². The zero-order chi connectivity index (χ0) is 25.8. The van der Waals surface area contributed by atoms with Gasteiger partial charge in [0.15, 0.2) is 11.4 Å². The highest BCUT2D eigenvalue weighted by molar-refractivity contribution is 5.64. The number of methoxy groups -OCH3 is 1. The normalized spacial score (nSPS) is 11.5. The first-order valence-electron chi connectivity index (χ1n) is 11.3. The lowest BCUT2D eigenvalue weighted by Gasteiger charge is -2.05. The van der Waals surface area contributed by atoms with Gasteiger partial charge in [0, 0.05) is 0 Å². The molecule has 0 radical (unpaired) electrons. The molecule has 11 heteroatoms. The molecule has 0 aliphatic rings. The molecular weight excluding hydrogens is 470 g/mol. The van der Waals surface area contributed by atoms with E-state index in [9.17, 15) is 4.79 Å². The molecule has 0 bridgehead atoms. The topological polar surface area (TPSA) is 140 Å². The molecule has 0 unspecified atom stereocenters. The van der Waals surface area contributed by atoms with Crippen LogP contribution in [0, 0.1) is 6.92 Å². The molecule has 3 N–H and O–H groups in total. The summed E-state index contributed by atoms with van der Waals surface area (Å²) in [5, 5.41) is 24.8. The van der Waals surface area contributed by atoms with E-state index in [-0.39, 0.29) is 17.3 Å². The Kier molecular flexibility index (Phi) is 6.41. The molecule has 5 rings (SSSR count). The van der Waals surface area contributed by atoms with Crippen molar-refractivity contribution >= 4 is 28.7 Å². The number of nitrogens with two attached hydrogens (primary N) is 1. The van der Waals surface area contributed by atoms with Crippen molar-refractivity contribution in [2.75, 3.05) is 12.8 Å². The fourth-order valence-corrected chi connectivity index (χ4v) is 3.62. The summed E-state index contributed by atoms with van der Waals surface area (Å²) in [6.45, 7) is 1.80. The van der Waals surface area contributed by atoms with E-state index in [0.29, 0.717) is 34.2 Å². The minimum absolute atomic E-state index is 0.0325. The summed E-state index contributed by atoms with van der Waals surface area (Å²) in [6.07, 6.45) is 0. The van der Waals surface area contributed by atoms with Crippen LogP contribution in [0.1, 0.15) is 5.69 Å². The number of aromatic amines is 1. The van der Waals surface area contributed by atoms with Gasteiger partial charge in [-0.3, -0.25) is 9.89 Å². The molecule has 0 spiro atoms. The minimum Gasteiger partial charge on any atom is -0.497 e. The fourth-order valence-electron chi connectivity index (χ4n) is 3.62. The zero-order valence-electron chi connectivity index (χ0n) is 20.1. The van der Waals surface area contributed by atoms with Crippen molar-refractivity contribution in [1.29, 1.82) is 0 Å². The number of benzene rings is 3. The monoisotopic (exact) mass is 493 g/mol. The molecule has 0 aliphatic carbocycles. The number of hydrogen-bond acceptors (Lipinski definition) is 8. The average Bonchev–Trinajstić information content (AvgIpc) is 3.41. The highest BCUT2D eigenvalue weighted by Gasteiger charge is 2.19. The number of aryl methyl sites for hydroxylation is 1. The number of nitrogens with zero attached hydrogens (tertiary/aromatic N) is 7. The standard InChI is InChI=1S/C26H23N9O2/c1-17-22(29-28-18-9-5-3-6-10-18)25(34(32-17)20-13-15-21(37-2)16-14-20)31-30-23-24(27)33-35(26(23)36)19-11-7-4-8-12-19/h3-16,33H,27H2,1-2H3. The first kappa shape index (κ1) is 23.4. The molecule has 2 heterocycles. The van der Waals surface area contributed by atoms with Crippen LogP contribution in [-0.4, -0.2) is 26.7 Å². The molecule has 2 aromatic heterocycles. The lowest BCUT2D eigenvalue weighted by Crippen LogP contribution is -2.13. The van der Waals surface area contributed by atoms with Crippen molar-refractivity contribution in [1.82, 2.24) is 19.6 Å². The molecule has 0 amide bonds. The number of ether oxygens (including phenoxy) is 1. The highest BCUT2D eigenvalue weighted by atomic mass is 16.5. The highest BCUT2D eigenvalue weighted by Crippen LogP contribution is 2.36. The second-order valence-electron chi connectivity index (χ2n) is 7.95. The predicted octanol–water partition coefficient (Wildman–Crippen LogP) is 6.08. The van der Waals surface area contributed by atoms with Crippen LogP contribution in [0.25, 0.3) is 11.4 Å². The van der Waals surface area contributed by atoms with E-state index < -0.39 is 5.56 Å². The van der Waals surface area contributed by atoms with E-state index >= 15 is 0 Å². The summed E-state index contributed by atoms with van der Waals surface area (Å²) < 4.78 is 8.15. The van der Waals surface area contributed by atoms with E-state index in [1.165, 1.54) is 4.68 Å². The smallest absolute Gasteiger partial charge is 0.301 e. The molecule has 0 atom stereocenters. The molecule has 3 aromatic carbocycles. The lowest BCUT2D eigenvalue weighted by atomic mass is 10.3. The average molecular weight is 494 g/mol. The molecule has 5 aromatic rings. The maximum Gasteiger partial charge on any atom is 0.301 e. The summed E-state index contributed by atoms with van der Waals surface area (Å²) in [5.41, 5.74) is 8.59. The predicted molar refractivity (Wildman–Crippen MR) is 140 cm³/mol. The number of nitrogens with one attached hydrogen (secondary N) is 1. The van der Waals surface area contributed by atoms with Gasteiger partial charge < -0.3 is 10.5 Å². The van der Waals surface area contributed by atoms with Gasteiger partial charge in [-0.25, -0.2) is 9.36 Å². The van der Waals surface area contributed by atoms with Crippen molar-refractivity contribution in [2.45, 2.75) is 6.92 Å². The van der Waals surface area contributed by atoms with Crippen LogP contribution in [0.4, 0.5) is 28.7 Å². The molecule has 11 nitrogen and oxygen atoms in total. The molecule has 37 heavy (non-hydrogen) atoms. The van der Waals surface area contributed by atoms with Crippen LogP contribution in [0.2, 0.25) is 0 Å². The van der Waals surface area contributed by atoms with Crippen LogP contribution in [0.3, 0.4) is 0 Å². The number of rotatable bonds is 7. The Labute approximate surface area is 211 Å². The third-order valence-electron chi connectivity index (χ3n) is 5.50. The summed E-state index contributed by atoms with van der Waals surface area (Å²) >= 11 is 0. The number of hydrogen-bond donors (Lipinski definition) is 2. The van der Waals surface area contributed by atoms with Crippen molar-refractivity contribution in [2.24, 2.45) is 20.5 Å². The van der Waals surface area contributed by atoms with Gasteiger partial charge in [-0.2, -0.15) is 10.2 Å². The number of nitrogen functional groups attached to an aromatic ring is 1. The number of aromatic nitrogens is 4. The van der Waals surface area contributed by atoms with Crippen LogP contribution in [0.5, 0.6) is 5.75 Å². The van der Waals surface area contributed by atoms with Crippen LogP contribution in [-0.2, 0) is 0 Å². The number of H-pyrrole nitrogens is 1. The van der Waals surface area contributed by atoms with Gasteiger partial charge in [0.05, 0.1) is 29.9 Å². The summed E-state index contributed by atoms with van der Waals surface area (Å²) in [6, 6.07) is 25.6. The van der Waals surface area contributed by atoms with Crippen molar-refractivity contribution in [3.63, 3.8) is 0 Å². The van der Waals surface area contributed by atoms with E-state index in [4.69, 9.17) is 10.5 Å². The molecule has 0 saturated heterocycles. The summed E-state index contributed by atoms with van der Waals surface area (Å²) in [7, 11) is 1.60. The van der Waals surface area contributed by atoms with Gasteiger partial charge in [0.1, 0.15) is 11.6 Å². The molecule has 0 saturated carbocycles. The van der Waals surface area contributed by atoms with Crippen LogP contribution in [0.15, 0.2) is 110 Å². The minimum atomic E-state index is -0.438. The van der Waals surface area contributed by atoms with Crippen LogP contribution < -0.4 is 16.0 Å². The van der Waals surface area contributed by atoms with E-state index in [1.54, 1.807) is 43.0 Å². The second-order valence-corrected chi connectivity index (χ2v) is 7.95. The Morgan fingerprint density at radius 3 is 2.14 bits per heavy atom. The second kappa shape index (κ2) is 10.1. The SMILES string of the molecule is COc1ccc(-n2nc(C)c(N=Nc3ccccc3)c2N=Nc2c(N)[nH]n(-c3ccccc3)c2=O)cc1. The Balaban J connectivity index is 1.61. The third kappa shape index (κ3) is 4.78. The molecule has 0 fully saturated rings. The lowest BCUT2D eigenvalue weighted by molar-refractivity contribution is 0.414. The van der Waals surface area contributed by atoms with E-state index in [0.717, 1.165) is 0 Å². The zero-order valence-corrected chi connectivity index (χ0v) is 20.1. The van der Waals surface area contributed by atoms with Crippen molar-refractivity contribution < 1.29 is 4.74 Å². The van der Waals surface area contributed by atoms with E-state index in [2.05, 4.69) is 30.7 Å². The maximum atomic E-state index is 13.1. The van der Waals surface area contributed by atoms with Gasteiger partial charge in [-0.15, -0.1) is 15.3 Å². The fraction of sp³-hybridized carbons (Fsp3) is 0.0769. The molecule has 0 aliphatic heterocycles. The van der Waals surface area contributed by atoms with Gasteiger partial charge in [0.25, 0.3) is 0 Å². The summed E-state index contributed by atoms with van der Waals surface area (Å²) in [4.78, 5) is 13.1. The Hall–Kier alpha value is -5.32. The molecule has 184 valence electrons. The number of para-hydroxylation sites is 1. The van der Waals surface area contributed by atoms with Gasteiger partial charge >= 0.3 is 5.56 Å². The largest absolute Gasteiger partial charge is 0.497 e. The van der Waals surface area contributed by atoms with Gasteiger partial charge in [0.2, 0.25) is 5.82 Å². The van der Waals surface area contributed by atoms with Gasteiger partial charge in [-0.1, -0.05) is 36.4 Å². The third-order valence-corrected chi connectivity index (χ3v) is 5.50. The Bertz CT molecular complexity index is 1630. The Morgan fingerprint density at radius 1 is 0.811 bits per heavy atom. The summed E-state index contributed by atoms with van der Waals surface area (Å²) in [5.74, 6) is 1.06. The first-order valence-corrected chi connectivity index (χ1v) is 11.3. The van der Waals surface area contributed by atoms with E-state index in [1.807, 2.05) is 60.7 Å². The maximum absolute atomic E-state index is 13.1. The van der Waals surface area contributed by atoms with Crippen molar-refractivity contribution in [3.05, 3.63) is 101 Å².